The SMILES string of the molecule is CS(=O)(=O)c1cc(F)c(C2(C(=O)O)CCCCC2)cc1F. The Kier molecular flexibility index (Phi) is 4.06. The lowest BCUT2D eigenvalue weighted by atomic mass is 9.69. The summed E-state index contributed by atoms with van der Waals surface area (Å²) >= 11 is 0. The van der Waals surface area contributed by atoms with Crippen molar-refractivity contribution in [2.24, 2.45) is 0 Å². The van der Waals surface area contributed by atoms with Gasteiger partial charge in [-0.2, -0.15) is 0 Å². The molecule has 7 heteroatoms. The second-order valence-corrected chi connectivity index (χ2v) is 7.47. The summed E-state index contributed by atoms with van der Waals surface area (Å²) in [6.07, 6.45) is 3.29. The minimum Gasteiger partial charge on any atom is -0.481 e. The van der Waals surface area contributed by atoms with Gasteiger partial charge in [-0.25, -0.2) is 17.2 Å². The molecule has 21 heavy (non-hydrogen) atoms. The van der Waals surface area contributed by atoms with E-state index in [1.165, 1.54) is 0 Å². The summed E-state index contributed by atoms with van der Waals surface area (Å²) in [4.78, 5) is 10.9. The smallest absolute Gasteiger partial charge is 0.314 e. The molecule has 0 bridgehead atoms. The highest BCUT2D eigenvalue weighted by Crippen LogP contribution is 2.41. The van der Waals surface area contributed by atoms with Crippen LogP contribution in [0.5, 0.6) is 0 Å². The summed E-state index contributed by atoms with van der Waals surface area (Å²) in [6, 6.07) is 1.31. The Morgan fingerprint density at radius 2 is 1.71 bits per heavy atom. The van der Waals surface area contributed by atoms with Crippen molar-refractivity contribution in [1.82, 2.24) is 0 Å². The Morgan fingerprint density at radius 1 is 1.14 bits per heavy atom. The molecule has 4 nitrogen and oxygen atoms in total. The highest BCUT2D eigenvalue weighted by Gasteiger charge is 2.43. The number of hydrogen-bond donors (Lipinski definition) is 1. The zero-order valence-corrected chi connectivity index (χ0v) is 12.3. The fourth-order valence-corrected chi connectivity index (χ4v) is 3.66. The van der Waals surface area contributed by atoms with Crippen molar-refractivity contribution in [1.29, 1.82) is 0 Å². The molecule has 0 amide bonds. The summed E-state index contributed by atoms with van der Waals surface area (Å²) in [5.41, 5.74) is -1.74. The van der Waals surface area contributed by atoms with Gasteiger partial charge in [-0.1, -0.05) is 19.3 Å². The molecule has 0 unspecified atom stereocenters. The van der Waals surface area contributed by atoms with E-state index >= 15 is 0 Å². The van der Waals surface area contributed by atoms with Crippen molar-refractivity contribution in [3.63, 3.8) is 0 Å². The maximum Gasteiger partial charge on any atom is 0.314 e. The van der Waals surface area contributed by atoms with Crippen LogP contribution < -0.4 is 0 Å². The predicted molar refractivity (Wildman–Crippen MR) is 71.9 cm³/mol. The van der Waals surface area contributed by atoms with Crippen molar-refractivity contribution >= 4 is 15.8 Å². The number of carboxylic acid groups (broad SMARTS) is 1. The van der Waals surface area contributed by atoms with Crippen molar-refractivity contribution < 1.29 is 27.1 Å². The molecule has 1 aliphatic rings. The summed E-state index contributed by atoms with van der Waals surface area (Å²) in [5.74, 6) is -3.30. The van der Waals surface area contributed by atoms with Crippen LogP contribution in [0.2, 0.25) is 0 Å². The van der Waals surface area contributed by atoms with E-state index in [2.05, 4.69) is 0 Å². The fraction of sp³-hybridized carbons (Fsp3) is 0.500. The quantitative estimate of drug-likeness (QED) is 0.930. The van der Waals surface area contributed by atoms with Crippen molar-refractivity contribution in [2.45, 2.75) is 42.4 Å². The average Bonchev–Trinajstić information content (AvgIpc) is 2.40. The van der Waals surface area contributed by atoms with Crippen molar-refractivity contribution in [2.75, 3.05) is 6.26 Å². The van der Waals surface area contributed by atoms with E-state index < -0.39 is 37.8 Å². The number of sulfone groups is 1. The van der Waals surface area contributed by atoms with Crippen LogP contribution in [-0.2, 0) is 20.0 Å². The zero-order valence-electron chi connectivity index (χ0n) is 11.5. The van der Waals surface area contributed by atoms with Gasteiger partial charge in [0.15, 0.2) is 9.84 Å². The van der Waals surface area contributed by atoms with Crippen LogP contribution in [0, 0.1) is 11.6 Å². The first-order chi connectivity index (χ1) is 9.68. The lowest BCUT2D eigenvalue weighted by Gasteiger charge is -2.34. The number of aliphatic carboxylic acids is 1. The molecule has 0 heterocycles. The normalized spacial score (nSPS) is 18.4. The van der Waals surface area contributed by atoms with Crippen LogP contribution in [-0.4, -0.2) is 25.7 Å². The summed E-state index contributed by atoms with van der Waals surface area (Å²) < 4.78 is 51.0. The van der Waals surface area contributed by atoms with Gasteiger partial charge in [-0.05, 0) is 25.0 Å². The molecule has 116 valence electrons. The molecule has 0 aliphatic heterocycles. The van der Waals surface area contributed by atoms with E-state index in [0.29, 0.717) is 18.9 Å². The van der Waals surface area contributed by atoms with E-state index in [1.54, 1.807) is 0 Å². The highest BCUT2D eigenvalue weighted by molar-refractivity contribution is 7.90. The van der Waals surface area contributed by atoms with E-state index in [9.17, 15) is 27.1 Å². The van der Waals surface area contributed by atoms with Gasteiger partial charge in [-0.15, -0.1) is 0 Å². The predicted octanol–water partition coefficient (Wildman–Crippen LogP) is 2.65. The summed E-state index contributed by atoms with van der Waals surface area (Å²) in [5, 5.41) is 9.48. The second kappa shape index (κ2) is 5.36. The number of carboxylic acids is 1. The van der Waals surface area contributed by atoms with Gasteiger partial charge in [-0.3, -0.25) is 4.79 Å². The molecule has 2 rings (SSSR count). The minimum atomic E-state index is -3.91. The van der Waals surface area contributed by atoms with Crippen LogP contribution in [0.1, 0.15) is 37.7 Å². The molecule has 0 radical (unpaired) electrons. The first-order valence-corrected chi connectivity index (χ1v) is 8.50. The molecule has 0 saturated heterocycles. The molecule has 0 atom stereocenters. The lowest BCUT2D eigenvalue weighted by Crippen LogP contribution is -2.39. The number of benzene rings is 1. The topological polar surface area (TPSA) is 71.4 Å². The summed E-state index contributed by atoms with van der Waals surface area (Å²) in [7, 11) is -3.91. The van der Waals surface area contributed by atoms with Gasteiger partial charge < -0.3 is 5.11 Å². The van der Waals surface area contributed by atoms with Gasteiger partial charge in [0.25, 0.3) is 0 Å². The Labute approximate surface area is 121 Å². The van der Waals surface area contributed by atoms with Gasteiger partial charge in [0.1, 0.15) is 16.5 Å². The van der Waals surface area contributed by atoms with Gasteiger partial charge >= 0.3 is 5.97 Å². The van der Waals surface area contributed by atoms with Crippen LogP contribution in [0.15, 0.2) is 17.0 Å². The van der Waals surface area contributed by atoms with Gasteiger partial charge in [0.2, 0.25) is 0 Å². The number of halogens is 2. The van der Waals surface area contributed by atoms with Crippen LogP contribution >= 0.6 is 0 Å². The Morgan fingerprint density at radius 3 is 2.19 bits per heavy atom. The molecule has 1 fully saturated rings. The average molecular weight is 318 g/mol. The minimum absolute atomic E-state index is 0.219. The first kappa shape index (κ1) is 15.9. The van der Waals surface area contributed by atoms with Crippen molar-refractivity contribution in [3.05, 3.63) is 29.3 Å². The first-order valence-electron chi connectivity index (χ1n) is 6.61. The standard InChI is InChI=1S/C14H16F2O4S/c1-21(19,20)12-8-10(15)9(7-11(12)16)14(13(17)18)5-3-2-4-6-14/h7-8H,2-6H2,1H3,(H,17,18). The second-order valence-electron chi connectivity index (χ2n) is 5.48. The third kappa shape index (κ3) is 2.79. The van der Waals surface area contributed by atoms with Crippen LogP contribution in [0.3, 0.4) is 0 Å². The van der Waals surface area contributed by atoms with E-state index in [1.807, 2.05) is 0 Å². The molecular formula is C14H16F2O4S. The molecule has 1 N–H and O–H groups in total. The Balaban J connectivity index is 2.63. The van der Waals surface area contributed by atoms with Gasteiger partial charge in [0.05, 0.1) is 5.41 Å². The summed E-state index contributed by atoms with van der Waals surface area (Å²) in [6.45, 7) is 0. The van der Waals surface area contributed by atoms with E-state index in [-0.39, 0.29) is 18.4 Å². The Bertz CT molecular complexity index is 676. The fourth-order valence-electron chi connectivity index (χ4n) is 2.93. The largest absolute Gasteiger partial charge is 0.481 e. The Hall–Kier alpha value is -1.50. The molecule has 1 aliphatic carbocycles. The third-order valence-electron chi connectivity index (χ3n) is 4.05. The number of hydrogen-bond acceptors (Lipinski definition) is 3. The molecule has 1 saturated carbocycles. The van der Waals surface area contributed by atoms with E-state index in [4.69, 9.17) is 0 Å². The zero-order chi connectivity index (χ0) is 15.8. The maximum absolute atomic E-state index is 14.3. The monoisotopic (exact) mass is 318 g/mol. The third-order valence-corrected chi connectivity index (χ3v) is 5.16. The molecule has 1 aromatic rings. The lowest BCUT2D eigenvalue weighted by molar-refractivity contribution is -0.145. The highest BCUT2D eigenvalue weighted by atomic mass is 32.2. The molecular weight excluding hydrogens is 302 g/mol. The molecule has 0 aromatic heterocycles. The maximum atomic E-state index is 14.3. The van der Waals surface area contributed by atoms with Gasteiger partial charge in [0, 0.05) is 11.8 Å². The van der Waals surface area contributed by atoms with Crippen LogP contribution in [0.4, 0.5) is 8.78 Å². The van der Waals surface area contributed by atoms with Crippen LogP contribution in [0.25, 0.3) is 0 Å². The molecule has 1 aromatic carbocycles. The molecule has 0 spiro atoms. The van der Waals surface area contributed by atoms with Crippen molar-refractivity contribution in [3.8, 4) is 0 Å². The number of carbonyl (C=O) groups is 1. The number of rotatable bonds is 3. The van der Waals surface area contributed by atoms with E-state index in [0.717, 1.165) is 18.7 Å².